The average Bonchev–Trinajstić information content (AvgIpc) is 2.53. The van der Waals surface area contributed by atoms with Crippen molar-refractivity contribution in [2.24, 2.45) is 10.9 Å². The summed E-state index contributed by atoms with van der Waals surface area (Å²) in [5.41, 5.74) is 6.34. The molecule has 0 radical (unpaired) electrons. The minimum Gasteiger partial charge on any atom is -0.409 e. The highest BCUT2D eigenvalue weighted by Crippen LogP contribution is 2.11. The van der Waals surface area contributed by atoms with E-state index in [1.165, 1.54) is 6.20 Å². The highest BCUT2D eigenvalue weighted by molar-refractivity contribution is 5.98. The number of unbranched alkanes of at least 4 members (excludes halogenated alkanes) is 1. The lowest BCUT2D eigenvalue weighted by Crippen LogP contribution is -2.39. The molecule has 0 saturated carbocycles. The molecule has 3 N–H and O–H groups in total. The van der Waals surface area contributed by atoms with Crippen LogP contribution in [0, 0.1) is 0 Å². The predicted molar refractivity (Wildman–Crippen MR) is 82.4 cm³/mol. The number of amidine groups is 1. The molecule has 0 aromatic carbocycles. The third kappa shape index (κ3) is 4.44. The number of carbonyl (C=O) groups excluding carboxylic acids is 1. The third-order valence-corrected chi connectivity index (χ3v) is 3.52. The molecular weight excluding hydrogens is 268 g/mol. The Hall–Kier alpha value is -2.11. The lowest BCUT2D eigenvalue weighted by Gasteiger charge is -2.28. The topological polar surface area (TPSA) is 91.8 Å². The fraction of sp³-hybridized carbons (Fsp3) is 0.533. The summed E-state index contributed by atoms with van der Waals surface area (Å²) in [6.07, 6.45) is 4.35. The molecule has 6 heteroatoms. The van der Waals surface area contributed by atoms with Crippen LogP contribution in [-0.2, 0) is 0 Å². The molecule has 0 spiro atoms. The number of oxime groups is 1. The van der Waals surface area contributed by atoms with Crippen molar-refractivity contribution in [3.8, 4) is 0 Å². The van der Waals surface area contributed by atoms with Crippen LogP contribution in [0.1, 0.15) is 56.1 Å². The fourth-order valence-corrected chi connectivity index (χ4v) is 1.95. The summed E-state index contributed by atoms with van der Waals surface area (Å²) in [5, 5.41) is 11.5. The summed E-state index contributed by atoms with van der Waals surface area (Å²) in [7, 11) is 0. The van der Waals surface area contributed by atoms with Crippen molar-refractivity contribution >= 4 is 11.7 Å². The van der Waals surface area contributed by atoms with Crippen molar-refractivity contribution in [3.05, 3.63) is 29.6 Å². The first-order valence-electron chi connectivity index (χ1n) is 7.30. The van der Waals surface area contributed by atoms with E-state index in [-0.39, 0.29) is 17.8 Å². The molecule has 6 nitrogen and oxygen atoms in total. The Labute approximate surface area is 125 Å². The van der Waals surface area contributed by atoms with Crippen molar-refractivity contribution in [1.82, 2.24) is 9.88 Å². The van der Waals surface area contributed by atoms with E-state index in [9.17, 15) is 4.79 Å². The van der Waals surface area contributed by atoms with E-state index in [2.05, 4.69) is 24.0 Å². The molecule has 0 saturated heterocycles. The molecule has 0 aliphatic carbocycles. The Kier molecular flexibility index (Phi) is 6.65. The maximum atomic E-state index is 12.6. The highest BCUT2D eigenvalue weighted by atomic mass is 16.4. The van der Waals surface area contributed by atoms with E-state index >= 15 is 0 Å². The third-order valence-electron chi connectivity index (χ3n) is 3.52. The number of nitrogens with two attached hydrogens (primary N) is 1. The number of hydrogen-bond donors (Lipinski definition) is 2. The van der Waals surface area contributed by atoms with Gasteiger partial charge in [0, 0.05) is 24.3 Å². The Morgan fingerprint density at radius 2 is 2.19 bits per heavy atom. The highest BCUT2D eigenvalue weighted by Gasteiger charge is 2.21. The number of nitrogens with zero attached hydrogens (tertiary/aromatic N) is 3. The molecule has 1 amide bonds. The Balaban J connectivity index is 2.92. The molecule has 1 unspecified atom stereocenters. The quantitative estimate of drug-likeness (QED) is 0.349. The van der Waals surface area contributed by atoms with Crippen LogP contribution in [0.3, 0.4) is 0 Å². The van der Waals surface area contributed by atoms with Gasteiger partial charge in [0.05, 0.1) is 0 Å². The molecule has 0 bridgehead atoms. The van der Waals surface area contributed by atoms with Gasteiger partial charge in [-0.05, 0) is 31.9 Å². The van der Waals surface area contributed by atoms with Crippen LogP contribution in [0.25, 0.3) is 0 Å². The van der Waals surface area contributed by atoms with E-state index in [0.717, 1.165) is 25.8 Å². The number of amides is 1. The maximum Gasteiger partial charge on any atom is 0.272 e. The first kappa shape index (κ1) is 16.9. The number of pyridine rings is 1. The number of carbonyl (C=O) groups is 1. The molecule has 21 heavy (non-hydrogen) atoms. The maximum absolute atomic E-state index is 12.6. The van der Waals surface area contributed by atoms with Gasteiger partial charge in [0.1, 0.15) is 5.69 Å². The van der Waals surface area contributed by atoms with Crippen LogP contribution in [0.4, 0.5) is 0 Å². The van der Waals surface area contributed by atoms with Crippen LogP contribution in [0.2, 0.25) is 0 Å². The van der Waals surface area contributed by atoms with E-state index in [0.29, 0.717) is 11.3 Å². The number of aromatic nitrogens is 1. The number of hydrogen-bond acceptors (Lipinski definition) is 4. The van der Waals surface area contributed by atoms with Crippen molar-refractivity contribution in [1.29, 1.82) is 0 Å². The normalized spacial score (nSPS) is 13.0. The lowest BCUT2D eigenvalue weighted by molar-refractivity contribution is 0.0679. The smallest absolute Gasteiger partial charge is 0.272 e. The van der Waals surface area contributed by atoms with Crippen molar-refractivity contribution < 1.29 is 10.0 Å². The van der Waals surface area contributed by atoms with Crippen molar-refractivity contribution in [2.45, 2.75) is 46.1 Å². The predicted octanol–water partition coefficient (Wildman–Crippen LogP) is 2.22. The van der Waals surface area contributed by atoms with Gasteiger partial charge in [-0.15, -0.1) is 0 Å². The van der Waals surface area contributed by atoms with Gasteiger partial charge in [-0.2, -0.15) is 0 Å². The molecule has 1 atom stereocenters. The largest absolute Gasteiger partial charge is 0.409 e. The van der Waals surface area contributed by atoms with E-state index in [1.807, 2.05) is 11.8 Å². The monoisotopic (exact) mass is 292 g/mol. The van der Waals surface area contributed by atoms with E-state index < -0.39 is 0 Å². The standard InChI is InChI=1S/C15H24N4O2/c1-4-6-9-19(11(3)5-2)15(20)13-8-7-12(10-17-13)14(16)18-21/h7-8,10-11,21H,4-6,9H2,1-3H3,(H2,16,18). The van der Waals surface area contributed by atoms with Gasteiger partial charge in [-0.25, -0.2) is 0 Å². The van der Waals surface area contributed by atoms with E-state index in [1.54, 1.807) is 12.1 Å². The summed E-state index contributed by atoms with van der Waals surface area (Å²) in [5.74, 6) is -0.102. The summed E-state index contributed by atoms with van der Waals surface area (Å²) in [6.45, 7) is 6.93. The van der Waals surface area contributed by atoms with Gasteiger partial charge in [0.15, 0.2) is 5.84 Å². The molecular formula is C15H24N4O2. The minimum absolute atomic E-state index is 0.0220. The van der Waals surface area contributed by atoms with Gasteiger partial charge in [-0.3, -0.25) is 9.78 Å². The second kappa shape index (κ2) is 8.24. The minimum atomic E-state index is -0.0798. The Morgan fingerprint density at radius 1 is 1.48 bits per heavy atom. The van der Waals surface area contributed by atoms with Crippen LogP contribution < -0.4 is 5.73 Å². The first-order valence-corrected chi connectivity index (χ1v) is 7.30. The number of rotatable bonds is 7. The molecule has 0 aliphatic heterocycles. The average molecular weight is 292 g/mol. The van der Waals surface area contributed by atoms with E-state index in [4.69, 9.17) is 10.9 Å². The van der Waals surface area contributed by atoms with Gasteiger partial charge in [-0.1, -0.05) is 25.4 Å². The van der Waals surface area contributed by atoms with Crippen LogP contribution in [0.15, 0.2) is 23.5 Å². The molecule has 1 aromatic heterocycles. The van der Waals surface area contributed by atoms with Gasteiger partial charge >= 0.3 is 0 Å². The summed E-state index contributed by atoms with van der Waals surface area (Å²) >= 11 is 0. The fourth-order valence-electron chi connectivity index (χ4n) is 1.95. The molecule has 1 aromatic rings. The SMILES string of the molecule is CCCCN(C(=O)c1ccc(C(N)=NO)cn1)C(C)CC. The van der Waals surface area contributed by atoms with Gasteiger partial charge in [0.2, 0.25) is 0 Å². The molecule has 1 heterocycles. The molecule has 0 fully saturated rings. The van der Waals surface area contributed by atoms with Gasteiger partial charge in [0.25, 0.3) is 5.91 Å². The summed E-state index contributed by atoms with van der Waals surface area (Å²) < 4.78 is 0. The Morgan fingerprint density at radius 3 is 2.67 bits per heavy atom. The lowest BCUT2D eigenvalue weighted by atomic mass is 10.1. The zero-order chi connectivity index (χ0) is 15.8. The van der Waals surface area contributed by atoms with Crippen molar-refractivity contribution in [3.63, 3.8) is 0 Å². The summed E-state index contributed by atoms with van der Waals surface area (Å²) in [6, 6.07) is 3.41. The molecule has 116 valence electrons. The Bertz CT molecular complexity index is 485. The second-order valence-electron chi connectivity index (χ2n) is 5.03. The second-order valence-corrected chi connectivity index (χ2v) is 5.03. The molecule has 1 rings (SSSR count). The van der Waals surface area contributed by atoms with Crippen LogP contribution in [0.5, 0.6) is 0 Å². The van der Waals surface area contributed by atoms with Crippen molar-refractivity contribution in [2.75, 3.05) is 6.54 Å². The summed E-state index contributed by atoms with van der Waals surface area (Å²) in [4.78, 5) is 18.5. The zero-order valence-corrected chi connectivity index (χ0v) is 12.9. The van der Waals surface area contributed by atoms with Crippen LogP contribution >= 0.6 is 0 Å². The zero-order valence-electron chi connectivity index (χ0n) is 12.9. The molecule has 0 aliphatic rings. The first-order chi connectivity index (χ1) is 10.0. The van der Waals surface area contributed by atoms with Crippen LogP contribution in [-0.4, -0.2) is 39.4 Å². The van der Waals surface area contributed by atoms with Gasteiger partial charge < -0.3 is 15.8 Å².